The number of anilines is 2. The lowest BCUT2D eigenvalue weighted by atomic mass is 9.97. The van der Waals surface area contributed by atoms with E-state index in [0.29, 0.717) is 5.82 Å². The van der Waals surface area contributed by atoms with E-state index in [9.17, 15) is 4.79 Å². The number of carbonyl (C=O) groups is 1. The molecule has 4 nitrogen and oxygen atoms in total. The molecule has 0 saturated heterocycles. The van der Waals surface area contributed by atoms with Crippen molar-refractivity contribution in [3.8, 4) is 0 Å². The molecule has 1 amide bonds. The number of hydrogen-bond donors (Lipinski definition) is 2. The van der Waals surface area contributed by atoms with Gasteiger partial charge in [-0.25, -0.2) is 4.98 Å². The van der Waals surface area contributed by atoms with Gasteiger partial charge in [-0.2, -0.15) is 0 Å². The number of allylic oxidation sites excluding steroid dienone is 1. The molecular formula is C17H25N3O. The van der Waals surface area contributed by atoms with Crippen LogP contribution in [0, 0.1) is 5.92 Å². The van der Waals surface area contributed by atoms with Gasteiger partial charge < -0.3 is 10.6 Å². The van der Waals surface area contributed by atoms with Crippen molar-refractivity contribution in [1.82, 2.24) is 4.98 Å². The fraction of sp³-hybridized carbons (Fsp3) is 0.529. The van der Waals surface area contributed by atoms with Crippen LogP contribution in [-0.4, -0.2) is 17.4 Å². The summed E-state index contributed by atoms with van der Waals surface area (Å²) in [5.74, 6) is 0.565. The number of rotatable bonds is 6. The minimum absolute atomic E-state index is 0.00700. The maximum Gasteiger partial charge on any atom is 0.228 e. The average molecular weight is 287 g/mol. The highest BCUT2D eigenvalue weighted by molar-refractivity contribution is 5.91. The Morgan fingerprint density at radius 3 is 2.81 bits per heavy atom. The van der Waals surface area contributed by atoms with E-state index in [1.54, 1.807) is 11.8 Å². The Bertz CT molecular complexity index is 491. The summed E-state index contributed by atoms with van der Waals surface area (Å²) in [5.41, 5.74) is 2.57. The molecule has 4 heteroatoms. The van der Waals surface area contributed by atoms with Crippen molar-refractivity contribution in [3.63, 3.8) is 0 Å². The van der Waals surface area contributed by atoms with Crippen molar-refractivity contribution in [2.24, 2.45) is 5.92 Å². The third kappa shape index (κ3) is 5.21. The minimum Gasteiger partial charge on any atom is -0.383 e. The van der Waals surface area contributed by atoms with E-state index in [-0.39, 0.29) is 11.8 Å². The van der Waals surface area contributed by atoms with Crippen molar-refractivity contribution in [1.29, 1.82) is 0 Å². The Morgan fingerprint density at radius 2 is 2.19 bits per heavy atom. The average Bonchev–Trinajstić information content (AvgIpc) is 2.50. The monoisotopic (exact) mass is 287 g/mol. The predicted molar refractivity (Wildman–Crippen MR) is 87.4 cm³/mol. The molecule has 0 spiro atoms. The summed E-state index contributed by atoms with van der Waals surface area (Å²) in [7, 11) is 0. The van der Waals surface area contributed by atoms with Crippen LogP contribution in [0.25, 0.3) is 0 Å². The molecule has 0 aliphatic heterocycles. The van der Waals surface area contributed by atoms with Gasteiger partial charge in [0, 0.05) is 12.5 Å². The smallest absolute Gasteiger partial charge is 0.228 e. The number of nitrogens with one attached hydrogen (secondary N) is 2. The molecule has 2 rings (SSSR count). The van der Waals surface area contributed by atoms with Crippen LogP contribution in [0.1, 0.15) is 46.0 Å². The van der Waals surface area contributed by atoms with E-state index in [1.807, 2.05) is 26.0 Å². The molecule has 1 aromatic rings. The minimum atomic E-state index is -0.0339. The summed E-state index contributed by atoms with van der Waals surface area (Å²) in [4.78, 5) is 15.8. The van der Waals surface area contributed by atoms with Gasteiger partial charge in [-0.3, -0.25) is 4.79 Å². The van der Waals surface area contributed by atoms with Crippen molar-refractivity contribution in [2.45, 2.75) is 46.0 Å². The first-order chi connectivity index (χ1) is 10.1. The van der Waals surface area contributed by atoms with Crippen molar-refractivity contribution < 1.29 is 4.79 Å². The molecule has 114 valence electrons. The molecule has 21 heavy (non-hydrogen) atoms. The Morgan fingerprint density at radius 1 is 1.33 bits per heavy atom. The van der Waals surface area contributed by atoms with Gasteiger partial charge in [0.25, 0.3) is 0 Å². The van der Waals surface area contributed by atoms with Gasteiger partial charge in [0.05, 0.1) is 11.9 Å². The molecule has 0 fully saturated rings. The lowest BCUT2D eigenvalue weighted by molar-refractivity contribution is -0.118. The van der Waals surface area contributed by atoms with E-state index in [2.05, 4.69) is 21.7 Å². The van der Waals surface area contributed by atoms with Crippen LogP contribution in [0.15, 0.2) is 30.0 Å². The summed E-state index contributed by atoms with van der Waals surface area (Å²) in [6, 6.07) is 3.79. The zero-order chi connectivity index (χ0) is 15.1. The van der Waals surface area contributed by atoms with Crippen LogP contribution in [0.3, 0.4) is 0 Å². The SMILES string of the molecule is CC(C)C(=O)Nc1ccc(NCCC2=CCCCC2)cn1. The second kappa shape index (κ2) is 7.81. The van der Waals surface area contributed by atoms with Gasteiger partial charge in [0.1, 0.15) is 5.82 Å². The first kappa shape index (κ1) is 15.5. The van der Waals surface area contributed by atoms with Gasteiger partial charge in [0.2, 0.25) is 5.91 Å². The summed E-state index contributed by atoms with van der Waals surface area (Å²) >= 11 is 0. The molecule has 1 aliphatic rings. The van der Waals surface area contributed by atoms with Crippen LogP contribution in [-0.2, 0) is 4.79 Å². The van der Waals surface area contributed by atoms with Gasteiger partial charge in [0.15, 0.2) is 0 Å². The van der Waals surface area contributed by atoms with Crippen LogP contribution in [0.4, 0.5) is 11.5 Å². The largest absolute Gasteiger partial charge is 0.383 e. The van der Waals surface area contributed by atoms with E-state index >= 15 is 0 Å². The van der Waals surface area contributed by atoms with E-state index in [0.717, 1.165) is 18.7 Å². The molecule has 0 unspecified atom stereocenters. The summed E-state index contributed by atoms with van der Waals surface area (Å²) in [5, 5.41) is 6.17. The van der Waals surface area contributed by atoms with E-state index < -0.39 is 0 Å². The highest BCUT2D eigenvalue weighted by atomic mass is 16.1. The second-order valence-corrected chi connectivity index (χ2v) is 5.86. The summed E-state index contributed by atoms with van der Waals surface area (Å²) in [6.45, 7) is 4.67. The van der Waals surface area contributed by atoms with Crippen LogP contribution < -0.4 is 10.6 Å². The Labute approximate surface area is 127 Å². The highest BCUT2D eigenvalue weighted by Crippen LogP contribution is 2.20. The Balaban J connectivity index is 1.77. The predicted octanol–water partition coefficient (Wildman–Crippen LogP) is 3.98. The Kier molecular flexibility index (Phi) is 5.78. The fourth-order valence-electron chi connectivity index (χ4n) is 2.34. The molecule has 0 radical (unpaired) electrons. The standard InChI is InChI=1S/C17H25N3O/c1-13(2)17(21)20-16-9-8-15(12-19-16)18-11-10-14-6-4-3-5-7-14/h6,8-9,12-13,18H,3-5,7,10-11H2,1-2H3,(H,19,20,21). The fourth-order valence-corrected chi connectivity index (χ4v) is 2.34. The number of carbonyl (C=O) groups excluding carboxylic acids is 1. The molecule has 0 saturated carbocycles. The lowest BCUT2D eigenvalue weighted by Crippen LogP contribution is -2.18. The first-order valence-corrected chi connectivity index (χ1v) is 7.84. The van der Waals surface area contributed by atoms with Crippen LogP contribution in [0.5, 0.6) is 0 Å². The molecule has 0 atom stereocenters. The van der Waals surface area contributed by atoms with Gasteiger partial charge in [-0.15, -0.1) is 0 Å². The normalized spacial score (nSPS) is 14.7. The molecule has 1 aromatic heterocycles. The molecule has 0 aromatic carbocycles. The molecule has 2 N–H and O–H groups in total. The third-order valence-corrected chi connectivity index (χ3v) is 3.70. The molecule has 1 aliphatic carbocycles. The highest BCUT2D eigenvalue weighted by Gasteiger charge is 2.07. The topological polar surface area (TPSA) is 54.0 Å². The molecule has 0 bridgehead atoms. The van der Waals surface area contributed by atoms with E-state index in [4.69, 9.17) is 0 Å². The molecular weight excluding hydrogens is 262 g/mol. The van der Waals surface area contributed by atoms with Crippen molar-refractivity contribution >= 4 is 17.4 Å². The van der Waals surface area contributed by atoms with E-state index in [1.165, 1.54) is 25.7 Å². The summed E-state index contributed by atoms with van der Waals surface area (Å²) < 4.78 is 0. The van der Waals surface area contributed by atoms with Crippen molar-refractivity contribution in [3.05, 3.63) is 30.0 Å². The number of hydrogen-bond acceptors (Lipinski definition) is 3. The van der Waals surface area contributed by atoms with Crippen LogP contribution in [0.2, 0.25) is 0 Å². The number of aromatic nitrogens is 1. The maximum atomic E-state index is 11.6. The van der Waals surface area contributed by atoms with Gasteiger partial charge >= 0.3 is 0 Å². The zero-order valence-corrected chi connectivity index (χ0v) is 13.0. The Hall–Kier alpha value is -1.84. The van der Waals surface area contributed by atoms with Gasteiger partial charge in [-0.1, -0.05) is 25.5 Å². The molecule has 1 heterocycles. The zero-order valence-electron chi connectivity index (χ0n) is 13.0. The summed E-state index contributed by atoms with van der Waals surface area (Å²) in [6.07, 6.45) is 10.4. The second-order valence-electron chi connectivity index (χ2n) is 5.86. The first-order valence-electron chi connectivity index (χ1n) is 7.84. The van der Waals surface area contributed by atoms with Crippen LogP contribution >= 0.6 is 0 Å². The number of nitrogens with zero attached hydrogens (tertiary/aromatic N) is 1. The lowest BCUT2D eigenvalue weighted by Gasteiger charge is -2.13. The van der Waals surface area contributed by atoms with Crippen molar-refractivity contribution in [2.75, 3.05) is 17.2 Å². The maximum absolute atomic E-state index is 11.6. The van der Waals surface area contributed by atoms with Gasteiger partial charge in [-0.05, 0) is 44.2 Å². The number of amides is 1. The quantitative estimate of drug-likeness (QED) is 0.778. The number of pyridine rings is 1. The third-order valence-electron chi connectivity index (χ3n) is 3.70.